The van der Waals surface area contributed by atoms with E-state index in [1.165, 1.54) is 5.57 Å². The number of allylic oxidation sites excluding steroid dienone is 2. The van der Waals surface area contributed by atoms with E-state index in [2.05, 4.69) is 5.92 Å². The van der Waals surface area contributed by atoms with Crippen LogP contribution in [0.3, 0.4) is 0 Å². The van der Waals surface area contributed by atoms with Crippen molar-refractivity contribution in [2.45, 2.75) is 39.2 Å². The molecule has 0 rings (SSSR count). The Morgan fingerprint density at radius 3 is 2.47 bits per heavy atom. The summed E-state index contributed by atoms with van der Waals surface area (Å²) in [5.41, 5.74) is 0.299. The first-order valence-corrected chi connectivity index (χ1v) is 4.74. The van der Waals surface area contributed by atoms with Crippen LogP contribution in [0.25, 0.3) is 0 Å². The van der Waals surface area contributed by atoms with Crippen molar-refractivity contribution >= 4 is 5.97 Å². The Morgan fingerprint density at radius 1 is 1.47 bits per heavy atom. The lowest BCUT2D eigenvalue weighted by atomic mass is 10.00. The fourth-order valence-electron chi connectivity index (χ4n) is 1.02. The minimum Gasteiger partial charge on any atom is -0.437 e. The SMILES string of the molecule is C#CC(=O)OC(C)(C#C)CCC=C(C)C. The van der Waals surface area contributed by atoms with Crippen molar-refractivity contribution in [2.75, 3.05) is 0 Å². The number of esters is 1. The Bertz CT molecular complexity index is 335. The van der Waals surface area contributed by atoms with Crippen molar-refractivity contribution in [1.29, 1.82) is 0 Å². The molecule has 0 spiro atoms. The van der Waals surface area contributed by atoms with E-state index in [1.54, 1.807) is 6.92 Å². The second kappa shape index (κ2) is 5.94. The van der Waals surface area contributed by atoms with Crippen molar-refractivity contribution in [2.24, 2.45) is 0 Å². The first kappa shape index (κ1) is 13.3. The maximum atomic E-state index is 10.9. The van der Waals surface area contributed by atoms with E-state index in [0.717, 1.165) is 6.42 Å². The van der Waals surface area contributed by atoms with Gasteiger partial charge in [-0.25, -0.2) is 4.79 Å². The number of ether oxygens (including phenoxy) is 1. The monoisotopic (exact) mass is 204 g/mol. The average Bonchev–Trinajstić information content (AvgIpc) is 2.17. The summed E-state index contributed by atoms with van der Waals surface area (Å²) >= 11 is 0. The molecule has 2 nitrogen and oxygen atoms in total. The van der Waals surface area contributed by atoms with Gasteiger partial charge in [0, 0.05) is 12.3 Å². The number of carbonyl (C=O) groups excluding carboxylic acids is 1. The van der Waals surface area contributed by atoms with E-state index in [9.17, 15) is 4.79 Å². The zero-order chi connectivity index (χ0) is 11.9. The topological polar surface area (TPSA) is 26.3 Å². The van der Waals surface area contributed by atoms with Crippen molar-refractivity contribution in [3.8, 4) is 24.7 Å². The molecule has 0 aliphatic rings. The highest BCUT2D eigenvalue weighted by atomic mass is 16.6. The highest BCUT2D eigenvalue weighted by molar-refractivity contribution is 5.88. The van der Waals surface area contributed by atoms with Gasteiger partial charge in [-0.1, -0.05) is 17.6 Å². The summed E-state index contributed by atoms with van der Waals surface area (Å²) in [7, 11) is 0. The number of hydrogen-bond acceptors (Lipinski definition) is 2. The standard InChI is InChI=1S/C13H16O2/c1-6-12(14)15-13(5,7-2)10-8-9-11(3)4/h1-2,9H,8,10H2,3-5H3. The third kappa shape index (κ3) is 5.60. The molecule has 0 aromatic rings. The summed E-state index contributed by atoms with van der Waals surface area (Å²) in [4.78, 5) is 10.9. The van der Waals surface area contributed by atoms with Gasteiger partial charge in [0.2, 0.25) is 0 Å². The van der Waals surface area contributed by atoms with Gasteiger partial charge in [-0.15, -0.1) is 12.8 Å². The molecular formula is C13H16O2. The molecule has 2 heteroatoms. The molecule has 80 valence electrons. The van der Waals surface area contributed by atoms with E-state index < -0.39 is 11.6 Å². The third-order valence-corrected chi connectivity index (χ3v) is 1.92. The van der Waals surface area contributed by atoms with Crippen LogP contribution in [0, 0.1) is 24.7 Å². The quantitative estimate of drug-likeness (QED) is 0.304. The maximum Gasteiger partial charge on any atom is 0.385 e. The average molecular weight is 204 g/mol. The smallest absolute Gasteiger partial charge is 0.385 e. The Morgan fingerprint density at radius 2 is 2.07 bits per heavy atom. The number of hydrogen-bond donors (Lipinski definition) is 0. The summed E-state index contributed by atoms with van der Waals surface area (Å²) in [6, 6.07) is 0. The second-order valence-corrected chi connectivity index (χ2v) is 3.73. The normalized spacial score (nSPS) is 12.9. The summed E-state index contributed by atoms with van der Waals surface area (Å²) < 4.78 is 4.98. The molecule has 0 N–H and O–H groups in total. The van der Waals surface area contributed by atoms with Gasteiger partial charge in [-0.2, -0.15) is 0 Å². The van der Waals surface area contributed by atoms with Crippen LogP contribution in [0.2, 0.25) is 0 Å². The largest absolute Gasteiger partial charge is 0.437 e. The molecule has 0 fully saturated rings. The molecule has 0 heterocycles. The molecule has 15 heavy (non-hydrogen) atoms. The number of terminal acetylenes is 2. The van der Waals surface area contributed by atoms with Crippen LogP contribution in [0.4, 0.5) is 0 Å². The summed E-state index contributed by atoms with van der Waals surface area (Å²) in [6.45, 7) is 5.68. The molecule has 0 amide bonds. The zero-order valence-electron chi connectivity index (χ0n) is 9.46. The van der Waals surface area contributed by atoms with Crippen molar-refractivity contribution in [3.63, 3.8) is 0 Å². The van der Waals surface area contributed by atoms with Crippen LogP contribution in [0.1, 0.15) is 33.6 Å². The van der Waals surface area contributed by atoms with E-state index in [-0.39, 0.29) is 0 Å². The lowest BCUT2D eigenvalue weighted by Gasteiger charge is -2.21. The summed E-state index contributed by atoms with van der Waals surface area (Å²) in [6.07, 6.45) is 13.6. The molecule has 0 aromatic heterocycles. The predicted molar refractivity (Wildman–Crippen MR) is 60.8 cm³/mol. The van der Waals surface area contributed by atoms with Gasteiger partial charge >= 0.3 is 5.97 Å². The molecule has 0 radical (unpaired) electrons. The summed E-state index contributed by atoms with van der Waals surface area (Å²) in [5.74, 6) is 3.62. The van der Waals surface area contributed by atoms with E-state index in [4.69, 9.17) is 17.6 Å². The van der Waals surface area contributed by atoms with Crippen LogP contribution >= 0.6 is 0 Å². The second-order valence-electron chi connectivity index (χ2n) is 3.73. The van der Waals surface area contributed by atoms with Crippen LogP contribution in [0.15, 0.2) is 11.6 Å². The van der Waals surface area contributed by atoms with Crippen LogP contribution in [-0.4, -0.2) is 11.6 Å². The van der Waals surface area contributed by atoms with Gasteiger partial charge in [0.05, 0.1) is 0 Å². The van der Waals surface area contributed by atoms with Crippen LogP contribution < -0.4 is 0 Å². The Hall–Kier alpha value is -1.67. The molecule has 1 unspecified atom stereocenters. The van der Waals surface area contributed by atoms with E-state index >= 15 is 0 Å². The lowest BCUT2D eigenvalue weighted by molar-refractivity contribution is -0.146. The molecule has 0 aromatic carbocycles. The van der Waals surface area contributed by atoms with Crippen LogP contribution in [-0.2, 0) is 9.53 Å². The van der Waals surface area contributed by atoms with Gasteiger partial charge in [-0.05, 0) is 27.2 Å². The molecule has 1 atom stereocenters. The van der Waals surface area contributed by atoms with Gasteiger partial charge in [-0.3, -0.25) is 0 Å². The van der Waals surface area contributed by atoms with Crippen LogP contribution in [0.5, 0.6) is 0 Å². The van der Waals surface area contributed by atoms with Gasteiger partial charge in [0.1, 0.15) is 0 Å². The van der Waals surface area contributed by atoms with Gasteiger partial charge in [0.25, 0.3) is 0 Å². The number of carbonyl (C=O) groups is 1. The maximum absolute atomic E-state index is 10.9. The minimum absolute atomic E-state index is 0.572. The zero-order valence-corrected chi connectivity index (χ0v) is 9.46. The fourth-order valence-corrected chi connectivity index (χ4v) is 1.02. The molecule has 0 aliphatic heterocycles. The number of rotatable bonds is 4. The molecule has 0 saturated heterocycles. The van der Waals surface area contributed by atoms with E-state index in [1.807, 2.05) is 25.8 Å². The highest BCUT2D eigenvalue weighted by Gasteiger charge is 2.24. The highest BCUT2D eigenvalue weighted by Crippen LogP contribution is 2.17. The Kier molecular flexibility index (Phi) is 5.27. The van der Waals surface area contributed by atoms with Gasteiger partial charge < -0.3 is 4.74 Å². The van der Waals surface area contributed by atoms with Crippen molar-refractivity contribution in [1.82, 2.24) is 0 Å². The lowest BCUT2D eigenvalue weighted by Crippen LogP contribution is -2.29. The molecule has 0 bridgehead atoms. The van der Waals surface area contributed by atoms with Gasteiger partial charge in [0.15, 0.2) is 5.60 Å². The molecule has 0 saturated carbocycles. The molecule has 0 aliphatic carbocycles. The molecular weight excluding hydrogens is 188 g/mol. The van der Waals surface area contributed by atoms with Crippen molar-refractivity contribution in [3.05, 3.63) is 11.6 Å². The Labute approximate surface area is 91.7 Å². The van der Waals surface area contributed by atoms with E-state index in [0.29, 0.717) is 6.42 Å². The predicted octanol–water partition coefficient (Wildman–Crippen LogP) is 2.30. The first-order chi connectivity index (χ1) is 6.93. The minimum atomic E-state index is -0.907. The Balaban J connectivity index is 4.35. The summed E-state index contributed by atoms with van der Waals surface area (Å²) in [5, 5.41) is 0. The van der Waals surface area contributed by atoms with Crippen molar-refractivity contribution < 1.29 is 9.53 Å². The first-order valence-electron chi connectivity index (χ1n) is 4.74. The fraction of sp³-hybridized carbons (Fsp3) is 0.462. The third-order valence-electron chi connectivity index (χ3n) is 1.92.